The molecule has 0 bridgehead atoms. The fourth-order valence-corrected chi connectivity index (χ4v) is 6.59. The van der Waals surface area contributed by atoms with Crippen LogP contribution in [0.4, 0.5) is 0 Å². The summed E-state index contributed by atoms with van der Waals surface area (Å²) < 4.78 is 2.41. The molecule has 2 heteroatoms. The van der Waals surface area contributed by atoms with Gasteiger partial charge in [0.05, 0.1) is 41.3 Å². The predicted octanol–water partition coefficient (Wildman–Crippen LogP) is 12.9. The van der Waals surface area contributed by atoms with E-state index in [1.54, 1.807) is 0 Å². The van der Waals surface area contributed by atoms with Crippen LogP contribution in [0.2, 0.25) is 0 Å². The van der Waals surface area contributed by atoms with Gasteiger partial charge in [-0.2, -0.15) is 0 Å². The Morgan fingerprint density at radius 1 is 0.214 bits per heavy atom. The topological polar surface area (TPSA) is 0 Å². The van der Waals surface area contributed by atoms with Crippen molar-refractivity contribution in [1.29, 1.82) is 0 Å². The summed E-state index contributed by atoms with van der Waals surface area (Å²) >= 11 is 0. The first-order valence-electron chi connectivity index (χ1n) is 20.0. The lowest BCUT2D eigenvalue weighted by Crippen LogP contribution is -2.51. The van der Waals surface area contributed by atoms with E-state index in [1.165, 1.54) is 228 Å². The lowest BCUT2D eigenvalue weighted by molar-refractivity contribution is -0.946. The molecule has 0 rings (SSSR count). The molecular formula is C40H86N2+2. The quantitative estimate of drug-likeness (QED) is 0.0505. The largest absolute Gasteiger partial charge is 0.324 e. The molecule has 0 aromatic rings. The molecule has 254 valence electrons. The maximum Gasteiger partial charge on any atom is 0.128 e. The lowest BCUT2D eigenvalue weighted by Gasteiger charge is -2.36. The third-order valence-electron chi connectivity index (χ3n) is 10.0. The zero-order chi connectivity index (χ0) is 31.0. The van der Waals surface area contributed by atoms with Gasteiger partial charge in [0.2, 0.25) is 0 Å². The molecule has 0 fully saturated rings. The Labute approximate surface area is 269 Å². The third kappa shape index (κ3) is 32.8. The van der Waals surface area contributed by atoms with Crippen molar-refractivity contribution in [3.8, 4) is 0 Å². The van der Waals surface area contributed by atoms with E-state index in [2.05, 4.69) is 42.0 Å². The number of rotatable bonds is 35. The molecular weight excluding hydrogens is 508 g/mol. The maximum atomic E-state index is 2.47. The summed E-state index contributed by atoms with van der Waals surface area (Å²) in [4.78, 5) is 0. The second-order valence-corrected chi connectivity index (χ2v) is 15.7. The van der Waals surface area contributed by atoms with Gasteiger partial charge in [0.25, 0.3) is 0 Å². The average Bonchev–Trinajstić information content (AvgIpc) is 2.96. The van der Waals surface area contributed by atoms with Crippen LogP contribution < -0.4 is 0 Å². The van der Waals surface area contributed by atoms with Crippen molar-refractivity contribution in [2.75, 3.05) is 54.4 Å². The first-order chi connectivity index (χ1) is 20.3. The smallest absolute Gasteiger partial charge is 0.128 e. The summed E-state index contributed by atoms with van der Waals surface area (Å²) in [7, 11) is 9.88. The molecule has 0 saturated carbocycles. The highest BCUT2D eigenvalue weighted by Crippen LogP contribution is 2.16. The van der Waals surface area contributed by atoms with Crippen molar-refractivity contribution in [2.24, 2.45) is 0 Å². The Balaban J connectivity index is 3.51. The summed E-state index contributed by atoms with van der Waals surface area (Å²) in [6, 6.07) is 0. The van der Waals surface area contributed by atoms with Gasteiger partial charge in [-0.25, -0.2) is 0 Å². The van der Waals surface area contributed by atoms with Crippen LogP contribution >= 0.6 is 0 Å². The summed E-state index contributed by atoms with van der Waals surface area (Å²) in [6.45, 7) is 9.98. The molecule has 0 atom stereocenters. The van der Waals surface area contributed by atoms with Crippen LogP contribution in [0.25, 0.3) is 0 Å². The van der Waals surface area contributed by atoms with Gasteiger partial charge in [-0.1, -0.05) is 181 Å². The number of quaternary nitrogens is 2. The van der Waals surface area contributed by atoms with Crippen molar-refractivity contribution in [1.82, 2.24) is 0 Å². The van der Waals surface area contributed by atoms with Crippen LogP contribution in [-0.4, -0.2) is 63.3 Å². The Bertz CT molecular complexity index is 512. The van der Waals surface area contributed by atoms with Gasteiger partial charge in [-0.05, 0) is 25.7 Å². The molecule has 0 aromatic carbocycles. The van der Waals surface area contributed by atoms with Gasteiger partial charge >= 0.3 is 0 Å². The standard InChI is InChI=1S/C40H86N2/c1-7-9-11-13-15-17-19-21-23-24-26-28-30-32-34-36-38-42(5,6)40-39-41(3,4)37-35-33-31-29-27-25-22-20-18-16-14-12-10-8-2/h7-40H2,1-6H3/q+2. The van der Waals surface area contributed by atoms with E-state index >= 15 is 0 Å². The minimum Gasteiger partial charge on any atom is -0.324 e. The fraction of sp³-hybridized carbons (Fsp3) is 1.00. The van der Waals surface area contributed by atoms with Crippen LogP contribution in [0.1, 0.15) is 206 Å². The Kier molecular flexibility index (Phi) is 30.9. The summed E-state index contributed by atoms with van der Waals surface area (Å²) in [5, 5.41) is 0. The minimum atomic E-state index is 1.21. The van der Waals surface area contributed by atoms with Gasteiger partial charge in [-0.3, -0.25) is 0 Å². The number of hydrogen-bond donors (Lipinski definition) is 0. The van der Waals surface area contributed by atoms with Gasteiger partial charge < -0.3 is 8.97 Å². The van der Waals surface area contributed by atoms with Crippen molar-refractivity contribution >= 4 is 0 Å². The second kappa shape index (κ2) is 30.9. The highest BCUT2D eigenvalue weighted by atomic mass is 15.4. The summed E-state index contributed by atoms with van der Waals surface area (Å²) in [6.07, 6.45) is 43.7. The van der Waals surface area contributed by atoms with E-state index in [0.717, 1.165) is 0 Å². The molecule has 0 aliphatic carbocycles. The molecule has 42 heavy (non-hydrogen) atoms. The monoisotopic (exact) mass is 595 g/mol. The highest BCUT2D eigenvalue weighted by molar-refractivity contribution is 4.52. The molecule has 0 spiro atoms. The van der Waals surface area contributed by atoms with Crippen LogP contribution in [0.5, 0.6) is 0 Å². The van der Waals surface area contributed by atoms with Crippen molar-refractivity contribution in [3.63, 3.8) is 0 Å². The normalized spacial score (nSPS) is 12.4. The van der Waals surface area contributed by atoms with Crippen molar-refractivity contribution < 1.29 is 8.97 Å². The predicted molar refractivity (Wildman–Crippen MR) is 194 cm³/mol. The van der Waals surface area contributed by atoms with E-state index < -0.39 is 0 Å². The maximum absolute atomic E-state index is 2.47. The Morgan fingerprint density at radius 3 is 0.571 bits per heavy atom. The molecule has 0 unspecified atom stereocenters. The molecule has 0 amide bonds. The van der Waals surface area contributed by atoms with E-state index in [9.17, 15) is 0 Å². The number of likely N-dealkylation sites (N-methyl/N-ethyl adjacent to an activating group) is 2. The van der Waals surface area contributed by atoms with Gasteiger partial charge in [0.1, 0.15) is 13.1 Å². The van der Waals surface area contributed by atoms with Crippen molar-refractivity contribution in [3.05, 3.63) is 0 Å². The summed E-state index contributed by atoms with van der Waals surface area (Å²) in [5.74, 6) is 0. The van der Waals surface area contributed by atoms with Gasteiger partial charge in [0.15, 0.2) is 0 Å². The van der Waals surface area contributed by atoms with E-state index in [1.807, 2.05) is 0 Å². The van der Waals surface area contributed by atoms with E-state index in [-0.39, 0.29) is 0 Å². The Hall–Kier alpha value is -0.0800. The molecule has 2 nitrogen and oxygen atoms in total. The van der Waals surface area contributed by atoms with E-state index in [0.29, 0.717) is 0 Å². The summed E-state index contributed by atoms with van der Waals surface area (Å²) in [5.41, 5.74) is 0. The zero-order valence-electron chi connectivity index (χ0n) is 30.9. The molecule has 0 aromatic heterocycles. The molecule has 0 aliphatic rings. The zero-order valence-corrected chi connectivity index (χ0v) is 30.9. The number of hydrogen-bond acceptors (Lipinski definition) is 0. The molecule has 0 saturated heterocycles. The third-order valence-corrected chi connectivity index (χ3v) is 10.0. The van der Waals surface area contributed by atoms with Crippen LogP contribution in [-0.2, 0) is 0 Å². The molecule has 0 heterocycles. The second-order valence-electron chi connectivity index (χ2n) is 15.7. The first-order valence-corrected chi connectivity index (χ1v) is 20.0. The number of nitrogens with zero attached hydrogens (tertiary/aromatic N) is 2. The molecule has 0 N–H and O–H groups in total. The lowest BCUT2D eigenvalue weighted by atomic mass is 10.0. The van der Waals surface area contributed by atoms with Crippen LogP contribution in [0, 0.1) is 0 Å². The Morgan fingerprint density at radius 2 is 0.381 bits per heavy atom. The van der Waals surface area contributed by atoms with Gasteiger partial charge in [0, 0.05) is 0 Å². The molecule has 0 radical (unpaired) electrons. The van der Waals surface area contributed by atoms with Crippen LogP contribution in [0.3, 0.4) is 0 Å². The first kappa shape index (κ1) is 41.9. The van der Waals surface area contributed by atoms with E-state index in [4.69, 9.17) is 0 Å². The minimum absolute atomic E-state index is 1.21. The van der Waals surface area contributed by atoms with Gasteiger partial charge in [-0.15, -0.1) is 0 Å². The highest BCUT2D eigenvalue weighted by Gasteiger charge is 2.22. The number of unbranched alkanes of at least 4 members (excludes halogenated alkanes) is 28. The van der Waals surface area contributed by atoms with Crippen LogP contribution in [0.15, 0.2) is 0 Å². The van der Waals surface area contributed by atoms with Crippen molar-refractivity contribution in [2.45, 2.75) is 206 Å². The average molecular weight is 595 g/mol. The fourth-order valence-electron chi connectivity index (χ4n) is 6.59. The molecule has 0 aliphatic heterocycles. The SMILES string of the molecule is CCCCCCCCCCCCCCCCCC[N+](C)(C)CC[N+](C)(C)CCCCCCCCCCCCCCCC.